The Balaban J connectivity index is 1.55. The van der Waals surface area contributed by atoms with E-state index in [-0.39, 0.29) is 5.91 Å². The van der Waals surface area contributed by atoms with Gasteiger partial charge in [0.1, 0.15) is 18.2 Å². The molecule has 1 aliphatic rings. The SMILES string of the molecule is Cc1ccc(C)c(OCCN(C)Cc2nnc3n2CCN(C)C3=O)c1. The number of aryl methyl sites for hydroxylation is 2. The minimum Gasteiger partial charge on any atom is -0.492 e. The normalized spacial score (nSPS) is 14.1. The number of rotatable bonds is 6. The smallest absolute Gasteiger partial charge is 0.291 e. The molecule has 1 aliphatic heterocycles. The molecule has 25 heavy (non-hydrogen) atoms. The van der Waals surface area contributed by atoms with Crippen LogP contribution in [0.15, 0.2) is 18.2 Å². The van der Waals surface area contributed by atoms with Gasteiger partial charge in [-0.05, 0) is 38.1 Å². The highest BCUT2D eigenvalue weighted by molar-refractivity contribution is 5.91. The van der Waals surface area contributed by atoms with E-state index in [0.717, 1.165) is 30.2 Å². The van der Waals surface area contributed by atoms with Crippen LogP contribution in [0.5, 0.6) is 5.75 Å². The van der Waals surface area contributed by atoms with Crippen molar-refractivity contribution in [2.45, 2.75) is 26.9 Å². The van der Waals surface area contributed by atoms with Crippen LogP contribution in [0.25, 0.3) is 0 Å². The van der Waals surface area contributed by atoms with E-state index in [1.165, 1.54) is 5.56 Å². The van der Waals surface area contributed by atoms with Gasteiger partial charge in [0.05, 0.1) is 6.54 Å². The first-order chi connectivity index (χ1) is 12.0. The van der Waals surface area contributed by atoms with Crippen LogP contribution in [0, 0.1) is 13.8 Å². The Morgan fingerprint density at radius 2 is 2.04 bits per heavy atom. The fraction of sp³-hybridized carbons (Fsp3) is 0.500. The van der Waals surface area contributed by atoms with Gasteiger partial charge in [-0.2, -0.15) is 0 Å². The molecule has 2 heterocycles. The van der Waals surface area contributed by atoms with E-state index in [9.17, 15) is 4.79 Å². The highest BCUT2D eigenvalue weighted by Gasteiger charge is 2.26. The van der Waals surface area contributed by atoms with Crippen LogP contribution >= 0.6 is 0 Å². The van der Waals surface area contributed by atoms with E-state index >= 15 is 0 Å². The number of hydrogen-bond donors (Lipinski definition) is 0. The summed E-state index contributed by atoms with van der Waals surface area (Å²) < 4.78 is 7.83. The molecular weight excluding hydrogens is 318 g/mol. The molecule has 0 saturated carbocycles. The summed E-state index contributed by atoms with van der Waals surface area (Å²) in [6.07, 6.45) is 0. The number of amides is 1. The fourth-order valence-corrected chi connectivity index (χ4v) is 2.86. The maximum atomic E-state index is 12.1. The van der Waals surface area contributed by atoms with Gasteiger partial charge in [0.15, 0.2) is 0 Å². The molecule has 0 bridgehead atoms. The zero-order valence-electron chi connectivity index (χ0n) is 15.3. The molecule has 3 rings (SSSR count). The lowest BCUT2D eigenvalue weighted by molar-refractivity contribution is 0.0739. The Labute approximate surface area is 148 Å². The third-order valence-electron chi connectivity index (χ3n) is 4.51. The summed E-state index contributed by atoms with van der Waals surface area (Å²) >= 11 is 0. The molecular formula is C18H25N5O2. The fourth-order valence-electron chi connectivity index (χ4n) is 2.86. The molecule has 134 valence electrons. The topological polar surface area (TPSA) is 63.5 Å². The third-order valence-corrected chi connectivity index (χ3v) is 4.51. The van der Waals surface area contributed by atoms with Crippen molar-refractivity contribution < 1.29 is 9.53 Å². The van der Waals surface area contributed by atoms with Gasteiger partial charge in [-0.3, -0.25) is 9.69 Å². The van der Waals surface area contributed by atoms with Crippen molar-refractivity contribution in [1.29, 1.82) is 0 Å². The number of carbonyl (C=O) groups is 1. The second-order valence-corrected chi connectivity index (χ2v) is 6.67. The van der Waals surface area contributed by atoms with Gasteiger partial charge in [0.2, 0.25) is 5.82 Å². The molecule has 7 heteroatoms. The molecule has 2 aromatic rings. The molecule has 0 fully saturated rings. The van der Waals surface area contributed by atoms with Gasteiger partial charge in [-0.1, -0.05) is 12.1 Å². The van der Waals surface area contributed by atoms with Crippen molar-refractivity contribution in [3.05, 3.63) is 41.0 Å². The van der Waals surface area contributed by atoms with Gasteiger partial charge in [0, 0.05) is 26.7 Å². The summed E-state index contributed by atoms with van der Waals surface area (Å²) in [5, 5.41) is 8.25. The van der Waals surface area contributed by atoms with Crippen LogP contribution in [-0.4, -0.2) is 64.3 Å². The highest BCUT2D eigenvalue weighted by Crippen LogP contribution is 2.19. The zero-order valence-corrected chi connectivity index (χ0v) is 15.3. The standard InChI is InChI=1S/C18H25N5O2/c1-13-5-6-14(2)15(11-13)25-10-9-21(3)12-16-19-20-17-18(24)22(4)7-8-23(16)17/h5-6,11H,7-10,12H2,1-4H3. The largest absolute Gasteiger partial charge is 0.492 e. The average molecular weight is 343 g/mol. The van der Waals surface area contributed by atoms with Gasteiger partial charge < -0.3 is 14.2 Å². The third kappa shape index (κ3) is 3.82. The molecule has 0 aliphatic carbocycles. The van der Waals surface area contributed by atoms with Crippen molar-refractivity contribution in [2.24, 2.45) is 0 Å². The van der Waals surface area contributed by atoms with E-state index in [2.05, 4.69) is 47.1 Å². The summed E-state index contributed by atoms with van der Waals surface area (Å²) in [6.45, 7) is 7.55. The van der Waals surface area contributed by atoms with E-state index < -0.39 is 0 Å². The second-order valence-electron chi connectivity index (χ2n) is 6.67. The average Bonchev–Trinajstić information content (AvgIpc) is 2.97. The van der Waals surface area contributed by atoms with Crippen LogP contribution in [-0.2, 0) is 13.1 Å². The number of hydrogen-bond acceptors (Lipinski definition) is 5. The first-order valence-corrected chi connectivity index (χ1v) is 8.52. The first-order valence-electron chi connectivity index (χ1n) is 8.52. The van der Waals surface area contributed by atoms with Crippen LogP contribution in [0.1, 0.15) is 27.6 Å². The van der Waals surface area contributed by atoms with Crippen LogP contribution in [0.2, 0.25) is 0 Å². The molecule has 1 aromatic carbocycles. The van der Waals surface area contributed by atoms with Gasteiger partial charge in [-0.15, -0.1) is 10.2 Å². The maximum absolute atomic E-state index is 12.1. The summed E-state index contributed by atoms with van der Waals surface area (Å²) in [6, 6.07) is 6.22. The monoisotopic (exact) mass is 343 g/mol. The maximum Gasteiger partial charge on any atom is 0.291 e. The first kappa shape index (κ1) is 17.4. The lowest BCUT2D eigenvalue weighted by atomic mass is 10.1. The van der Waals surface area contributed by atoms with E-state index in [1.807, 2.05) is 11.6 Å². The summed E-state index contributed by atoms with van der Waals surface area (Å²) in [5.41, 5.74) is 2.33. The molecule has 0 radical (unpaired) electrons. The summed E-state index contributed by atoms with van der Waals surface area (Å²) in [5.74, 6) is 2.13. The van der Waals surface area contributed by atoms with Crippen molar-refractivity contribution in [3.63, 3.8) is 0 Å². The number of fused-ring (bicyclic) bond motifs is 1. The summed E-state index contributed by atoms with van der Waals surface area (Å²) in [7, 11) is 3.81. The number of aromatic nitrogens is 3. The highest BCUT2D eigenvalue weighted by atomic mass is 16.5. The Kier molecular flexibility index (Phi) is 5.03. The second kappa shape index (κ2) is 7.23. The zero-order chi connectivity index (χ0) is 18.0. The Hall–Kier alpha value is -2.41. The lowest BCUT2D eigenvalue weighted by Crippen LogP contribution is -2.38. The van der Waals surface area contributed by atoms with E-state index in [4.69, 9.17) is 4.74 Å². The van der Waals surface area contributed by atoms with Crippen molar-refractivity contribution in [1.82, 2.24) is 24.6 Å². The number of benzene rings is 1. The molecule has 0 spiro atoms. The lowest BCUT2D eigenvalue weighted by Gasteiger charge is -2.24. The van der Waals surface area contributed by atoms with Crippen molar-refractivity contribution in [3.8, 4) is 5.75 Å². The van der Waals surface area contributed by atoms with Crippen LogP contribution in [0.4, 0.5) is 0 Å². The van der Waals surface area contributed by atoms with E-state index in [0.29, 0.717) is 25.5 Å². The van der Waals surface area contributed by atoms with Crippen molar-refractivity contribution >= 4 is 5.91 Å². The van der Waals surface area contributed by atoms with Gasteiger partial charge in [0.25, 0.3) is 5.91 Å². The molecule has 0 saturated heterocycles. The van der Waals surface area contributed by atoms with Gasteiger partial charge in [-0.25, -0.2) is 0 Å². The number of carbonyl (C=O) groups excluding carboxylic acids is 1. The van der Waals surface area contributed by atoms with Crippen molar-refractivity contribution in [2.75, 3.05) is 33.8 Å². The molecule has 0 atom stereocenters. The number of nitrogens with zero attached hydrogens (tertiary/aromatic N) is 5. The molecule has 1 amide bonds. The Morgan fingerprint density at radius 3 is 2.84 bits per heavy atom. The Bertz CT molecular complexity index is 771. The van der Waals surface area contributed by atoms with Gasteiger partial charge >= 0.3 is 0 Å². The number of ether oxygens (including phenoxy) is 1. The van der Waals surface area contributed by atoms with Crippen LogP contribution in [0.3, 0.4) is 0 Å². The molecule has 1 aromatic heterocycles. The summed E-state index contributed by atoms with van der Waals surface area (Å²) in [4.78, 5) is 15.9. The quantitative estimate of drug-likeness (QED) is 0.795. The molecule has 0 N–H and O–H groups in total. The minimum atomic E-state index is -0.0640. The molecule has 7 nitrogen and oxygen atoms in total. The predicted molar refractivity (Wildman–Crippen MR) is 94.7 cm³/mol. The minimum absolute atomic E-state index is 0.0640. The number of likely N-dealkylation sites (N-methyl/N-ethyl adjacent to an activating group) is 2. The Morgan fingerprint density at radius 1 is 1.24 bits per heavy atom. The predicted octanol–water partition coefficient (Wildman–Crippen LogP) is 1.49. The molecule has 0 unspecified atom stereocenters. The van der Waals surface area contributed by atoms with E-state index in [1.54, 1.807) is 11.9 Å². The van der Waals surface area contributed by atoms with Crippen LogP contribution < -0.4 is 4.74 Å².